The third kappa shape index (κ3) is 3.82. The van der Waals surface area contributed by atoms with E-state index in [1.165, 1.54) is 7.11 Å². The van der Waals surface area contributed by atoms with Gasteiger partial charge in [-0.15, -0.1) is 0 Å². The number of aromatic nitrogens is 3. The van der Waals surface area contributed by atoms with Crippen LogP contribution in [0.2, 0.25) is 10.0 Å². The van der Waals surface area contributed by atoms with Gasteiger partial charge in [-0.25, -0.2) is 9.78 Å². The molecule has 0 saturated heterocycles. The molecule has 1 N–H and O–H groups in total. The number of rotatable bonds is 5. The van der Waals surface area contributed by atoms with E-state index in [-0.39, 0.29) is 5.97 Å². The van der Waals surface area contributed by atoms with Crippen LogP contribution in [0.3, 0.4) is 0 Å². The lowest BCUT2D eigenvalue weighted by Gasteiger charge is -2.10. The average Bonchev–Trinajstić information content (AvgIpc) is 3.51. The summed E-state index contributed by atoms with van der Waals surface area (Å²) < 4.78 is 4.85. The van der Waals surface area contributed by atoms with Crippen molar-refractivity contribution in [2.24, 2.45) is 0 Å². The molecule has 1 fully saturated rings. The predicted molar refractivity (Wildman–Crippen MR) is 104 cm³/mol. The third-order valence-corrected chi connectivity index (χ3v) is 5.11. The summed E-state index contributed by atoms with van der Waals surface area (Å²) in [6, 6.07) is 6.96. The van der Waals surface area contributed by atoms with Crippen LogP contribution in [0.4, 0.5) is 5.82 Å². The van der Waals surface area contributed by atoms with Crippen molar-refractivity contribution in [2.45, 2.75) is 25.3 Å². The second-order valence-electron chi connectivity index (χ2n) is 6.37. The number of nitrogens with zero attached hydrogens (tertiary/aromatic N) is 3. The number of halogens is 2. The number of fused-ring (bicyclic) bond motifs is 1. The van der Waals surface area contributed by atoms with Crippen molar-refractivity contribution in [3.8, 4) is 0 Å². The molecule has 0 radical (unpaired) electrons. The highest BCUT2D eigenvalue weighted by Crippen LogP contribution is 2.40. The largest absolute Gasteiger partial charge is 0.465 e. The van der Waals surface area contributed by atoms with Gasteiger partial charge in [-0.3, -0.25) is 9.97 Å². The molecule has 0 amide bonds. The summed E-state index contributed by atoms with van der Waals surface area (Å²) in [5, 5.41) is 4.09. The maximum atomic E-state index is 11.9. The van der Waals surface area contributed by atoms with E-state index in [4.69, 9.17) is 27.9 Å². The van der Waals surface area contributed by atoms with Crippen molar-refractivity contribution < 1.29 is 9.53 Å². The molecule has 0 unspecified atom stereocenters. The molecule has 1 aliphatic rings. The number of anilines is 1. The molecule has 0 spiro atoms. The number of nitrogens with one attached hydrogen (secondary N) is 1. The normalized spacial score (nSPS) is 13.6. The molecule has 2 aromatic heterocycles. The highest BCUT2D eigenvalue weighted by molar-refractivity contribution is 6.42. The minimum Gasteiger partial charge on any atom is -0.465 e. The molecule has 8 heteroatoms. The van der Waals surface area contributed by atoms with E-state index >= 15 is 0 Å². The van der Waals surface area contributed by atoms with Gasteiger partial charge in [0.15, 0.2) is 0 Å². The number of carbonyl (C=O) groups is 1. The Hall–Kier alpha value is -2.44. The maximum absolute atomic E-state index is 11.9. The number of hydrogen-bond donors (Lipinski definition) is 1. The van der Waals surface area contributed by atoms with Crippen LogP contribution in [0.25, 0.3) is 11.0 Å². The number of benzene rings is 1. The molecule has 0 bridgehead atoms. The summed E-state index contributed by atoms with van der Waals surface area (Å²) in [5.74, 6) is 0.596. The molecule has 6 nitrogen and oxygen atoms in total. The van der Waals surface area contributed by atoms with Gasteiger partial charge in [-0.2, -0.15) is 0 Å². The molecule has 1 aliphatic carbocycles. The molecule has 4 rings (SSSR count). The van der Waals surface area contributed by atoms with Gasteiger partial charge < -0.3 is 10.1 Å². The highest BCUT2D eigenvalue weighted by Gasteiger charge is 2.30. The lowest BCUT2D eigenvalue weighted by Crippen LogP contribution is -2.10. The van der Waals surface area contributed by atoms with Crippen LogP contribution >= 0.6 is 23.2 Å². The zero-order valence-corrected chi connectivity index (χ0v) is 16.0. The van der Waals surface area contributed by atoms with E-state index in [0.717, 1.165) is 24.2 Å². The SMILES string of the molecule is COC(=O)c1ccc(CNc2cnc3cc(Cl)c(Cl)cc3n2)nc1C1CC1. The Morgan fingerprint density at radius 3 is 2.63 bits per heavy atom. The van der Waals surface area contributed by atoms with Crippen molar-refractivity contribution >= 4 is 46.0 Å². The first kappa shape index (κ1) is 17.9. The molecular weight excluding hydrogens is 387 g/mol. The molecule has 0 aliphatic heterocycles. The van der Waals surface area contributed by atoms with Gasteiger partial charge in [0.25, 0.3) is 0 Å². The highest BCUT2D eigenvalue weighted by atomic mass is 35.5. The molecule has 1 aromatic carbocycles. The fourth-order valence-corrected chi connectivity index (χ4v) is 3.16. The Kier molecular flexibility index (Phi) is 4.85. The van der Waals surface area contributed by atoms with Gasteiger partial charge in [0.05, 0.1) is 57.9 Å². The fourth-order valence-electron chi connectivity index (χ4n) is 2.84. The Morgan fingerprint density at radius 2 is 1.93 bits per heavy atom. The number of carbonyl (C=O) groups excluding carboxylic acids is 1. The lowest BCUT2D eigenvalue weighted by atomic mass is 10.1. The number of ether oxygens (including phenoxy) is 1. The van der Waals surface area contributed by atoms with Crippen LogP contribution in [-0.2, 0) is 11.3 Å². The smallest absolute Gasteiger partial charge is 0.339 e. The van der Waals surface area contributed by atoms with Crippen LogP contribution in [0.1, 0.15) is 40.5 Å². The van der Waals surface area contributed by atoms with Crippen molar-refractivity contribution in [1.82, 2.24) is 15.0 Å². The minimum absolute atomic E-state index is 0.339. The molecule has 3 aromatic rings. The summed E-state index contributed by atoms with van der Waals surface area (Å²) in [7, 11) is 1.38. The standard InChI is InChI=1S/C19H16Cl2N4O2/c1-27-19(26)12-5-4-11(24-18(12)10-2-3-10)8-23-17-9-22-15-6-13(20)14(21)7-16(15)25-17/h4-7,9-10H,2-3,8H2,1H3,(H,23,25). The topological polar surface area (TPSA) is 77.0 Å². The minimum atomic E-state index is -0.347. The van der Waals surface area contributed by atoms with E-state index in [9.17, 15) is 4.79 Å². The van der Waals surface area contributed by atoms with Gasteiger partial charge in [-0.05, 0) is 37.1 Å². The fraction of sp³-hybridized carbons (Fsp3) is 0.263. The van der Waals surface area contributed by atoms with Crippen molar-refractivity contribution in [3.05, 3.63) is 57.5 Å². The first-order valence-corrected chi connectivity index (χ1v) is 9.24. The second-order valence-corrected chi connectivity index (χ2v) is 7.18. The van der Waals surface area contributed by atoms with Crippen molar-refractivity contribution in [2.75, 3.05) is 12.4 Å². The molecular formula is C19H16Cl2N4O2. The number of pyridine rings is 1. The summed E-state index contributed by atoms with van der Waals surface area (Å²) in [5.41, 5.74) is 3.50. The lowest BCUT2D eigenvalue weighted by molar-refractivity contribution is 0.0598. The summed E-state index contributed by atoms with van der Waals surface area (Å²) in [4.78, 5) is 25.4. The zero-order valence-electron chi connectivity index (χ0n) is 14.5. The molecule has 0 atom stereocenters. The zero-order chi connectivity index (χ0) is 19.0. The van der Waals surface area contributed by atoms with Gasteiger partial charge in [-0.1, -0.05) is 23.2 Å². The Morgan fingerprint density at radius 1 is 1.19 bits per heavy atom. The van der Waals surface area contributed by atoms with Crippen LogP contribution in [0.5, 0.6) is 0 Å². The molecule has 27 heavy (non-hydrogen) atoms. The monoisotopic (exact) mass is 402 g/mol. The van der Waals surface area contributed by atoms with E-state index in [1.807, 2.05) is 6.07 Å². The van der Waals surface area contributed by atoms with Crippen molar-refractivity contribution in [1.29, 1.82) is 0 Å². The third-order valence-electron chi connectivity index (χ3n) is 4.39. The molecule has 2 heterocycles. The first-order valence-electron chi connectivity index (χ1n) is 8.49. The maximum Gasteiger partial charge on any atom is 0.339 e. The summed E-state index contributed by atoms with van der Waals surface area (Å²) in [6.07, 6.45) is 3.73. The Bertz CT molecular complexity index is 1040. The van der Waals surface area contributed by atoms with Crippen LogP contribution in [0.15, 0.2) is 30.5 Å². The van der Waals surface area contributed by atoms with E-state index in [1.54, 1.807) is 24.4 Å². The Balaban J connectivity index is 1.54. The number of hydrogen-bond acceptors (Lipinski definition) is 6. The van der Waals surface area contributed by atoms with Crippen molar-refractivity contribution in [3.63, 3.8) is 0 Å². The van der Waals surface area contributed by atoms with E-state index in [2.05, 4.69) is 20.3 Å². The predicted octanol–water partition coefficient (Wildman–Crippen LogP) is 4.61. The van der Waals surface area contributed by atoms with Gasteiger partial charge in [0.2, 0.25) is 0 Å². The number of esters is 1. The first-order chi connectivity index (χ1) is 13.0. The quantitative estimate of drug-likeness (QED) is 0.627. The van der Waals surface area contributed by atoms with Gasteiger partial charge >= 0.3 is 5.97 Å². The van der Waals surface area contributed by atoms with Gasteiger partial charge in [0.1, 0.15) is 5.82 Å². The van der Waals surface area contributed by atoms with Gasteiger partial charge in [0, 0.05) is 5.92 Å². The summed E-state index contributed by atoms with van der Waals surface area (Å²) in [6.45, 7) is 0.461. The second kappa shape index (κ2) is 7.29. The van der Waals surface area contributed by atoms with Crippen LogP contribution < -0.4 is 5.32 Å². The van der Waals surface area contributed by atoms with Crippen LogP contribution in [-0.4, -0.2) is 28.0 Å². The average molecular weight is 403 g/mol. The van der Waals surface area contributed by atoms with E-state index < -0.39 is 0 Å². The Labute approximate surface area is 165 Å². The molecule has 1 saturated carbocycles. The molecule has 138 valence electrons. The number of methoxy groups -OCH3 is 1. The summed E-state index contributed by atoms with van der Waals surface area (Å²) >= 11 is 12.1. The van der Waals surface area contributed by atoms with Crippen LogP contribution in [0, 0.1) is 0 Å². The van der Waals surface area contributed by atoms with E-state index in [0.29, 0.717) is 44.9 Å².